The number of anilines is 1. The van der Waals surface area contributed by atoms with E-state index >= 15 is 0 Å². The summed E-state index contributed by atoms with van der Waals surface area (Å²) in [4.78, 5) is 17.0. The zero-order valence-electron chi connectivity index (χ0n) is 10.0. The lowest BCUT2D eigenvalue weighted by Crippen LogP contribution is -2.26. The van der Waals surface area contributed by atoms with E-state index in [4.69, 9.17) is 5.11 Å². The van der Waals surface area contributed by atoms with Gasteiger partial charge in [0.25, 0.3) is 0 Å². The van der Waals surface area contributed by atoms with Crippen molar-refractivity contribution in [2.24, 2.45) is 0 Å². The highest BCUT2D eigenvalue weighted by Crippen LogP contribution is 2.13. The number of aromatic nitrogens is 1. The molecule has 6 heteroatoms. The second-order valence-electron chi connectivity index (χ2n) is 4.33. The topological polar surface area (TPSA) is 65.5 Å². The van der Waals surface area contributed by atoms with Crippen LogP contribution in [0.5, 0.6) is 0 Å². The van der Waals surface area contributed by atoms with Gasteiger partial charge in [0.2, 0.25) is 0 Å². The molecule has 0 aromatic carbocycles. The van der Waals surface area contributed by atoms with E-state index in [2.05, 4.69) is 15.2 Å². The Kier molecular flexibility index (Phi) is 4.09. The van der Waals surface area contributed by atoms with E-state index in [1.165, 1.54) is 12.8 Å². The van der Waals surface area contributed by atoms with Crippen LogP contribution in [0.25, 0.3) is 0 Å². The molecule has 1 aliphatic rings. The Morgan fingerprint density at radius 3 is 2.89 bits per heavy atom. The van der Waals surface area contributed by atoms with Gasteiger partial charge in [-0.3, -0.25) is 0 Å². The minimum Gasteiger partial charge on any atom is -0.478 e. The molecule has 2 N–H and O–H groups in total. The number of likely N-dealkylation sites (tertiary alicyclic amines) is 1. The van der Waals surface area contributed by atoms with Gasteiger partial charge in [-0.1, -0.05) is 0 Å². The summed E-state index contributed by atoms with van der Waals surface area (Å²) in [6.45, 7) is 3.63. The fourth-order valence-electron chi connectivity index (χ4n) is 2.08. The number of nitrogens with zero attached hydrogens (tertiary/aromatic N) is 2. The van der Waals surface area contributed by atoms with E-state index in [-0.39, 0.29) is 11.4 Å². The van der Waals surface area contributed by atoms with E-state index in [0.29, 0.717) is 6.54 Å². The first-order valence-electron chi connectivity index (χ1n) is 6.02. The summed E-state index contributed by atoms with van der Waals surface area (Å²) in [6, 6.07) is 0.980. The maximum atomic E-state index is 12.9. The third-order valence-corrected chi connectivity index (χ3v) is 3.00. The molecule has 2 rings (SSSR count). The molecule has 0 unspecified atom stereocenters. The van der Waals surface area contributed by atoms with Crippen LogP contribution in [0.1, 0.15) is 23.2 Å². The smallest absolute Gasteiger partial charge is 0.339 e. The predicted molar refractivity (Wildman–Crippen MR) is 65.3 cm³/mol. The number of hydrogen-bond acceptors (Lipinski definition) is 4. The molecule has 98 valence electrons. The minimum atomic E-state index is -1.18. The number of rotatable bonds is 5. The molecule has 18 heavy (non-hydrogen) atoms. The summed E-state index contributed by atoms with van der Waals surface area (Å²) in [6.07, 6.45) is 3.45. The number of carboxylic acid groups (broad SMARTS) is 1. The lowest BCUT2D eigenvalue weighted by Gasteiger charge is -2.15. The molecule has 0 atom stereocenters. The monoisotopic (exact) mass is 253 g/mol. The highest BCUT2D eigenvalue weighted by atomic mass is 19.1. The van der Waals surface area contributed by atoms with Gasteiger partial charge < -0.3 is 15.3 Å². The maximum absolute atomic E-state index is 12.9. The Balaban J connectivity index is 1.93. The number of hydrogen-bond donors (Lipinski definition) is 2. The Hall–Kier alpha value is -1.69. The molecule has 5 nitrogen and oxygen atoms in total. The van der Waals surface area contributed by atoms with Crippen molar-refractivity contribution in [1.82, 2.24) is 9.88 Å². The van der Waals surface area contributed by atoms with Crippen LogP contribution in [-0.4, -0.2) is 47.1 Å². The van der Waals surface area contributed by atoms with Crippen LogP contribution >= 0.6 is 0 Å². The molecule has 0 amide bonds. The molecule has 1 aliphatic heterocycles. The van der Waals surface area contributed by atoms with E-state index in [1.807, 2.05) is 0 Å². The largest absolute Gasteiger partial charge is 0.478 e. The van der Waals surface area contributed by atoms with Crippen LogP contribution in [0.2, 0.25) is 0 Å². The molecule has 0 spiro atoms. The van der Waals surface area contributed by atoms with Crippen LogP contribution in [0, 0.1) is 5.82 Å². The van der Waals surface area contributed by atoms with Gasteiger partial charge in [0.05, 0.1) is 6.20 Å². The first-order valence-corrected chi connectivity index (χ1v) is 6.02. The third kappa shape index (κ3) is 3.16. The number of aromatic carboxylic acids is 1. The summed E-state index contributed by atoms with van der Waals surface area (Å²) < 4.78 is 12.9. The van der Waals surface area contributed by atoms with Crippen molar-refractivity contribution in [1.29, 1.82) is 0 Å². The molecular formula is C12H16FN3O2. The average molecular weight is 253 g/mol. The number of carboxylic acids is 1. The zero-order valence-corrected chi connectivity index (χ0v) is 10.0. The Morgan fingerprint density at radius 2 is 2.22 bits per heavy atom. The van der Waals surface area contributed by atoms with Gasteiger partial charge in [0.1, 0.15) is 17.2 Å². The summed E-state index contributed by atoms with van der Waals surface area (Å²) in [5.41, 5.74) is -0.128. The van der Waals surface area contributed by atoms with Gasteiger partial charge in [0, 0.05) is 13.1 Å². The van der Waals surface area contributed by atoms with Crippen LogP contribution in [0.15, 0.2) is 12.3 Å². The molecule has 1 aromatic rings. The van der Waals surface area contributed by atoms with Crippen molar-refractivity contribution in [3.63, 3.8) is 0 Å². The normalized spacial score (nSPS) is 15.8. The van der Waals surface area contributed by atoms with Crippen LogP contribution in [0.4, 0.5) is 10.2 Å². The summed E-state index contributed by atoms with van der Waals surface area (Å²) in [7, 11) is 0. The number of halogens is 1. The predicted octanol–water partition coefficient (Wildman–Crippen LogP) is 1.43. The second-order valence-corrected chi connectivity index (χ2v) is 4.33. The molecule has 1 saturated heterocycles. The second kappa shape index (κ2) is 5.77. The molecule has 0 radical (unpaired) electrons. The third-order valence-electron chi connectivity index (χ3n) is 3.00. The van der Waals surface area contributed by atoms with Crippen molar-refractivity contribution < 1.29 is 14.3 Å². The molecular weight excluding hydrogens is 237 g/mol. The Bertz CT molecular complexity index is 433. The highest BCUT2D eigenvalue weighted by molar-refractivity contribution is 5.93. The summed E-state index contributed by atoms with van der Waals surface area (Å²) in [5, 5.41) is 11.9. The van der Waals surface area contributed by atoms with Gasteiger partial charge in [-0.25, -0.2) is 14.2 Å². The number of carbonyl (C=O) groups is 1. The molecule has 1 aromatic heterocycles. The fraction of sp³-hybridized carbons (Fsp3) is 0.500. The first kappa shape index (κ1) is 12.8. The zero-order chi connectivity index (χ0) is 13.0. The van der Waals surface area contributed by atoms with Crippen molar-refractivity contribution in [2.75, 3.05) is 31.5 Å². The molecule has 1 fully saturated rings. The molecule has 0 bridgehead atoms. The van der Waals surface area contributed by atoms with Gasteiger partial charge in [-0.15, -0.1) is 0 Å². The van der Waals surface area contributed by atoms with E-state index < -0.39 is 11.8 Å². The summed E-state index contributed by atoms with van der Waals surface area (Å²) >= 11 is 0. The van der Waals surface area contributed by atoms with Gasteiger partial charge >= 0.3 is 5.97 Å². The first-order chi connectivity index (χ1) is 8.66. The minimum absolute atomic E-state index is 0.128. The van der Waals surface area contributed by atoms with Crippen LogP contribution in [-0.2, 0) is 0 Å². The van der Waals surface area contributed by atoms with Crippen molar-refractivity contribution in [3.8, 4) is 0 Å². The quantitative estimate of drug-likeness (QED) is 0.831. The molecule has 0 saturated carbocycles. The number of pyridine rings is 1. The molecule has 2 heterocycles. The van der Waals surface area contributed by atoms with Gasteiger partial charge in [-0.2, -0.15) is 0 Å². The van der Waals surface area contributed by atoms with Crippen LogP contribution in [0.3, 0.4) is 0 Å². The SMILES string of the molecule is O=C(O)c1cc(F)cnc1NCCN1CCCC1. The summed E-state index contributed by atoms with van der Waals surface area (Å²) in [5.74, 6) is -1.59. The van der Waals surface area contributed by atoms with Crippen molar-refractivity contribution in [2.45, 2.75) is 12.8 Å². The number of nitrogens with one attached hydrogen (secondary N) is 1. The Morgan fingerprint density at radius 1 is 1.50 bits per heavy atom. The van der Waals surface area contributed by atoms with Gasteiger partial charge in [0.15, 0.2) is 0 Å². The van der Waals surface area contributed by atoms with Crippen molar-refractivity contribution in [3.05, 3.63) is 23.6 Å². The van der Waals surface area contributed by atoms with E-state index in [1.54, 1.807) is 0 Å². The maximum Gasteiger partial charge on any atom is 0.339 e. The highest BCUT2D eigenvalue weighted by Gasteiger charge is 2.14. The molecule has 0 aliphatic carbocycles. The standard InChI is InChI=1S/C12H16FN3O2/c13-9-7-10(12(17)18)11(15-8-9)14-3-6-16-4-1-2-5-16/h7-8H,1-6H2,(H,14,15)(H,17,18). The van der Waals surface area contributed by atoms with E-state index in [9.17, 15) is 9.18 Å². The van der Waals surface area contributed by atoms with Crippen molar-refractivity contribution >= 4 is 11.8 Å². The lowest BCUT2D eigenvalue weighted by atomic mass is 10.2. The lowest BCUT2D eigenvalue weighted by molar-refractivity contribution is 0.0697. The fourth-order valence-corrected chi connectivity index (χ4v) is 2.08. The average Bonchev–Trinajstić information content (AvgIpc) is 2.84. The Labute approximate surface area is 105 Å². The van der Waals surface area contributed by atoms with Gasteiger partial charge in [-0.05, 0) is 32.0 Å². The van der Waals surface area contributed by atoms with E-state index in [0.717, 1.165) is 31.9 Å². The van der Waals surface area contributed by atoms with Crippen LogP contribution < -0.4 is 5.32 Å².